The van der Waals surface area contributed by atoms with E-state index in [9.17, 15) is 14.9 Å². The summed E-state index contributed by atoms with van der Waals surface area (Å²) in [5, 5.41) is 40.6. The van der Waals surface area contributed by atoms with Crippen molar-refractivity contribution in [2.45, 2.75) is 102 Å². The number of nitro groups is 1. The Hall–Kier alpha value is -6.18. The van der Waals surface area contributed by atoms with Gasteiger partial charge in [0.2, 0.25) is 23.7 Å². The second kappa shape index (κ2) is 30.3. The molecule has 2 saturated heterocycles. The number of aryl methyl sites for hydroxylation is 2. The minimum atomic E-state index is -0.527. The van der Waals surface area contributed by atoms with Gasteiger partial charge in [-0.05, 0) is 119 Å². The van der Waals surface area contributed by atoms with Crippen LogP contribution in [0.25, 0.3) is 22.3 Å². The van der Waals surface area contributed by atoms with Crippen molar-refractivity contribution < 1.29 is 29.0 Å². The Bertz CT molecular complexity index is 2950. The molecule has 30 heteroatoms. The number of aliphatic hydroxyl groups is 1. The van der Waals surface area contributed by atoms with Crippen molar-refractivity contribution in [2.24, 2.45) is 14.1 Å². The Kier molecular flexibility index (Phi) is 23.7. The Morgan fingerprint density at radius 1 is 0.782 bits per heavy atom. The molecule has 2 aliphatic heterocycles. The van der Waals surface area contributed by atoms with Gasteiger partial charge in [-0.25, -0.2) is 14.8 Å². The lowest BCUT2D eigenvalue weighted by Crippen LogP contribution is -2.44. The predicted molar refractivity (Wildman–Crippen MR) is 311 cm³/mol. The van der Waals surface area contributed by atoms with E-state index in [1.54, 1.807) is 46.1 Å². The quantitative estimate of drug-likeness (QED) is 0.0518. The molecule has 0 aromatic carbocycles. The van der Waals surface area contributed by atoms with Crippen molar-refractivity contribution in [3.8, 4) is 34.0 Å². The zero-order chi connectivity index (χ0) is 56.2. The van der Waals surface area contributed by atoms with Crippen molar-refractivity contribution in [1.29, 1.82) is 0 Å². The highest BCUT2D eigenvalue weighted by Gasteiger charge is 2.28. The number of carbonyl (C=O) groups is 1. The van der Waals surface area contributed by atoms with Crippen LogP contribution in [0.15, 0.2) is 63.0 Å². The molecule has 0 unspecified atom stereocenters. The van der Waals surface area contributed by atoms with E-state index >= 15 is 0 Å². The van der Waals surface area contributed by atoms with Crippen LogP contribution in [-0.4, -0.2) is 138 Å². The smallest absolute Gasteiger partial charge is 0.410 e. The second-order valence-corrected chi connectivity index (χ2v) is 23.9. The van der Waals surface area contributed by atoms with Crippen LogP contribution in [0, 0.1) is 10.1 Å². The number of aromatic nitrogens is 11. The fraction of sp³-hybridized carbons (Fsp3) is 0.500. The summed E-state index contributed by atoms with van der Waals surface area (Å²) in [5.74, 6) is 3.39. The maximum absolute atomic E-state index is 11.9. The number of aliphatic hydroxyl groups excluding tert-OH is 1. The third kappa shape index (κ3) is 20.2. The van der Waals surface area contributed by atoms with Crippen molar-refractivity contribution >= 4 is 107 Å². The molecule has 78 heavy (non-hydrogen) atoms. The number of ether oxygens (including phenoxy) is 3. The van der Waals surface area contributed by atoms with E-state index in [0.717, 1.165) is 100 Å². The molecule has 3 aliphatic rings. The van der Waals surface area contributed by atoms with Crippen molar-refractivity contribution in [3.63, 3.8) is 0 Å². The lowest BCUT2D eigenvalue weighted by molar-refractivity contribution is -0.388. The van der Waals surface area contributed by atoms with Gasteiger partial charge < -0.3 is 61.3 Å². The van der Waals surface area contributed by atoms with Gasteiger partial charge in [0.1, 0.15) is 49.8 Å². The average molecular weight is 1260 g/mol. The number of nitrogen functional groups attached to an aromatic ring is 1. The monoisotopic (exact) mass is 1260 g/mol. The molecule has 1 amide bonds. The molecule has 3 fully saturated rings. The molecule has 1 aliphatic carbocycles. The lowest BCUT2D eigenvalue weighted by atomic mass is 9.98. The molecule has 0 atom stereocenters. The van der Waals surface area contributed by atoms with E-state index in [-0.39, 0.29) is 36.2 Å². The summed E-state index contributed by atoms with van der Waals surface area (Å²) >= 11 is 10.2. The minimum Gasteiger partial charge on any atom is -0.474 e. The van der Waals surface area contributed by atoms with Gasteiger partial charge in [-0.1, -0.05) is 19.3 Å². The third-order valence-electron chi connectivity index (χ3n) is 11.5. The summed E-state index contributed by atoms with van der Waals surface area (Å²) < 4.78 is 34.3. The van der Waals surface area contributed by atoms with Gasteiger partial charge in [-0.15, -0.1) is 0 Å². The fourth-order valence-electron chi connectivity index (χ4n) is 7.69. The van der Waals surface area contributed by atoms with Gasteiger partial charge in [0.15, 0.2) is 0 Å². The molecule has 422 valence electrons. The van der Waals surface area contributed by atoms with Crippen LogP contribution >= 0.6 is 66.5 Å². The Labute approximate surface area is 481 Å². The van der Waals surface area contributed by atoms with E-state index in [0.29, 0.717) is 40.4 Å². The molecule has 1 saturated carbocycles. The standard InChI is InChI=1S/C17H22N8OS.C13H19BrN2O3S.C9H12N6.C6H12O.C3HBrN2O2S/c1-18-16-13(11-8-21-25(2)10-11)9-20-17(23-16)22-15-7-14(24-27-15)26-12-3-5-19-6-4-12;1-13(2,3)19-12(17)16-6-4-9(5-7-16)18-11-8-10(14)20-15-11;1-11-8-7(4-12-9(10)14-8)6-3-13-15(2)5-6;7-6-4-2-1-3-5-6;4-2-1-3(5-9-2)6(7)8/h7-10,12,19H,3-6H2,1-2H3,(H2,18,20,22,23);8-9H,4-7H2,1-3H3;3-5H,1-2H3,(H3,10,11,12,14);6-7H,1-5H2;1H. The highest BCUT2D eigenvalue weighted by atomic mass is 79.9. The number of carbonyl (C=O) groups excluding carboxylic acids is 1. The van der Waals surface area contributed by atoms with Crippen LogP contribution in [-0.2, 0) is 18.8 Å². The van der Waals surface area contributed by atoms with Gasteiger partial charge in [0, 0.05) is 118 Å². The summed E-state index contributed by atoms with van der Waals surface area (Å²) in [6.07, 6.45) is 20.5. The number of nitrogens with two attached hydrogens (primary N) is 1. The first-order chi connectivity index (χ1) is 37.3. The number of nitrogens with zero attached hydrogens (tertiary/aromatic N) is 13. The highest BCUT2D eigenvalue weighted by Crippen LogP contribution is 2.31. The van der Waals surface area contributed by atoms with Crippen LogP contribution in [0.4, 0.5) is 39.1 Å². The molecule has 7 aromatic heterocycles. The second-order valence-electron chi connectivity index (χ2n) is 18.8. The number of rotatable bonds is 11. The summed E-state index contributed by atoms with van der Waals surface area (Å²) in [5.41, 5.74) is 8.77. The van der Waals surface area contributed by atoms with Crippen LogP contribution in [0.3, 0.4) is 0 Å². The van der Waals surface area contributed by atoms with E-state index < -0.39 is 10.5 Å². The predicted octanol–water partition coefficient (Wildman–Crippen LogP) is 9.56. The Balaban J connectivity index is 0.000000170. The Morgan fingerprint density at radius 3 is 1.82 bits per heavy atom. The van der Waals surface area contributed by atoms with E-state index in [4.69, 9.17) is 25.1 Å². The van der Waals surface area contributed by atoms with Gasteiger partial charge >= 0.3 is 11.9 Å². The van der Waals surface area contributed by atoms with Crippen molar-refractivity contribution in [2.75, 3.05) is 62.0 Å². The summed E-state index contributed by atoms with van der Waals surface area (Å²) in [6, 6.07) is 5.12. The van der Waals surface area contributed by atoms with Gasteiger partial charge in [0.25, 0.3) is 0 Å². The molecular formula is C48H66Br2N18O7S3. The average Bonchev–Trinajstić information content (AvgIpc) is 4.30. The summed E-state index contributed by atoms with van der Waals surface area (Å²) in [6.45, 7) is 8.92. The topological polar surface area (TPSA) is 311 Å². The first-order valence-electron chi connectivity index (χ1n) is 25.0. The third-order valence-corrected chi connectivity index (χ3v) is 14.6. The molecule has 7 N–H and O–H groups in total. The van der Waals surface area contributed by atoms with Gasteiger partial charge in [-0.2, -0.15) is 28.9 Å². The van der Waals surface area contributed by atoms with E-state index in [1.807, 2.05) is 66.4 Å². The fourth-order valence-corrected chi connectivity index (χ4v) is 9.98. The van der Waals surface area contributed by atoms with Crippen LogP contribution in [0.2, 0.25) is 0 Å². The normalized spacial score (nSPS) is 14.9. The number of anilines is 5. The number of hydrogen-bond donors (Lipinski definition) is 6. The number of piperidine rings is 2. The SMILES string of the molecule is CC(C)(C)OC(=O)N1CCC(Oc2cc(Br)sn2)CC1.CNc1nc(N)ncc1-c1cnn(C)c1.CNc1nc(Nc2cc(OC3CCNCC3)ns2)ncc1-c1cnn(C)c1.O=[N+]([O-])c1cc(Br)sn1.OC1CCCCC1. The molecule has 0 spiro atoms. The number of halogens is 2. The van der Waals surface area contributed by atoms with Crippen molar-refractivity contribution in [3.05, 3.63) is 73.1 Å². The zero-order valence-corrected chi connectivity index (χ0v) is 50.0. The number of likely N-dealkylation sites (tertiary alicyclic amines) is 1. The summed E-state index contributed by atoms with van der Waals surface area (Å²) in [7, 11) is 7.37. The molecular weight excluding hydrogens is 1200 g/mol. The maximum Gasteiger partial charge on any atom is 0.410 e. The molecule has 7 aromatic rings. The minimum absolute atomic E-state index is 0.0359. The summed E-state index contributed by atoms with van der Waals surface area (Å²) in [4.78, 5) is 40.1. The molecule has 10 rings (SSSR count). The van der Waals surface area contributed by atoms with Crippen LogP contribution in [0.1, 0.15) is 78.6 Å². The van der Waals surface area contributed by atoms with Gasteiger partial charge in [-0.3, -0.25) is 9.36 Å². The van der Waals surface area contributed by atoms with Crippen molar-refractivity contribution in [1.82, 2.24) is 62.8 Å². The molecule has 9 heterocycles. The highest BCUT2D eigenvalue weighted by molar-refractivity contribution is 9.11. The Morgan fingerprint density at radius 2 is 1.33 bits per heavy atom. The zero-order valence-electron chi connectivity index (χ0n) is 44.4. The molecule has 25 nitrogen and oxygen atoms in total. The van der Waals surface area contributed by atoms with Gasteiger partial charge in [0.05, 0.1) is 28.4 Å². The first-order valence-corrected chi connectivity index (χ1v) is 28.9. The lowest BCUT2D eigenvalue weighted by Gasteiger charge is -2.33. The van der Waals surface area contributed by atoms with E-state index in [2.05, 4.69) is 96.4 Å². The maximum atomic E-state index is 11.9. The largest absolute Gasteiger partial charge is 0.474 e. The van der Waals surface area contributed by atoms with Crippen LogP contribution < -0.4 is 36.5 Å². The number of hydrogen-bond acceptors (Lipinski definition) is 24. The number of nitrogens with one attached hydrogen (secondary N) is 4. The first kappa shape index (κ1) is 61.0. The molecule has 0 bridgehead atoms. The van der Waals surface area contributed by atoms with E-state index in [1.165, 1.54) is 48.4 Å². The molecule has 0 radical (unpaired) electrons. The van der Waals surface area contributed by atoms with Crippen LogP contribution in [0.5, 0.6) is 11.8 Å². The number of amides is 1.